The van der Waals surface area contributed by atoms with Crippen LogP contribution < -0.4 is 5.32 Å². The first kappa shape index (κ1) is 14.9. The van der Waals surface area contributed by atoms with E-state index in [1.165, 1.54) is 5.69 Å². The van der Waals surface area contributed by atoms with Gasteiger partial charge in [0, 0.05) is 31.5 Å². The quantitative estimate of drug-likeness (QED) is 0.804. The Morgan fingerprint density at radius 2 is 2.15 bits per heavy atom. The van der Waals surface area contributed by atoms with Gasteiger partial charge in [0.1, 0.15) is 5.76 Å². The van der Waals surface area contributed by atoms with Gasteiger partial charge in [0.15, 0.2) is 0 Å². The Hall–Kier alpha value is -1.52. The van der Waals surface area contributed by atoms with E-state index in [-0.39, 0.29) is 6.04 Å². The second-order valence-electron chi connectivity index (χ2n) is 5.32. The van der Waals surface area contributed by atoms with Crippen molar-refractivity contribution in [1.82, 2.24) is 14.8 Å². The van der Waals surface area contributed by atoms with Crippen LogP contribution >= 0.6 is 0 Å². The van der Waals surface area contributed by atoms with E-state index in [0.717, 1.165) is 31.8 Å². The molecule has 0 aliphatic heterocycles. The summed E-state index contributed by atoms with van der Waals surface area (Å²) in [7, 11) is 4.16. The van der Waals surface area contributed by atoms with E-state index in [2.05, 4.69) is 54.1 Å². The highest BCUT2D eigenvalue weighted by Gasteiger charge is 2.16. The van der Waals surface area contributed by atoms with Gasteiger partial charge in [0.25, 0.3) is 0 Å². The molecule has 1 unspecified atom stereocenters. The van der Waals surface area contributed by atoms with Crippen LogP contribution in [0.4, 0.5) is 0 Å². The number of furan rings is 1. The molecule has 2 rings (SSSR count). The largest absolute Gasteiger partial charge is 0.468 e. The van der Waals surface area contributed by atoms with E-state index >= 15 is 0 Å². The molecule has 2 heterocycles. The summed E-state index contributed by atoms with van der Waals surface area (Å²) < 4.78 is 7.83. The smallest absolute Gasteiger partial charge is 0.122 e. The van der Waals surface area contributed by atoms with Gasteiger partial charge >= 0.3 is 0 Å². The van der Waals surface area contributed by atoms with Gasteiger partial charge in [-0.15, -0.1) is 0 Å². The summed E-state index contributed by atoms with van der Waals surface area (Å²) in [4.78, 5) is 2.18. The number of nitrogens with zero attached hydrogens (tertiary/aromatic N) is 2. The first-order valence-electron chi connectivity index (χ1n) is 7.27. The number of aryl methyl sites for hydroxylation is 1. The third-order valence-corrected chi connectivity index (χ3v) is 3.53. The Bertz CT molecular complexity index is 488. The van der Waals surface area contributed by atoms with Gasteiger partial charge in [-0.25, -0.2) is 0 Å². The monoisotopic (exact) mass is 275 g/mol. The van der Waals surface area contributed by atoms with Gasteiger partial charge < -0.3 is 14.3 Å². The fraction of sp³-hybridized carbons (Fsp3) is 0.500. The van der Waals surface area contributed by atoms with Gasteiger partial charge in [0.05, 0.1) is 12.3 Å². The van der Waals surface area contributed by atoms with Crippen molar-refractivity contribution in [2.24, 2.45) is 0 Å². The van der Waals surface area contributed by atoms with Crippen LogP contribution in [0, 0.1) is 0 Å². The van der Waals surface area contributed by atoms with Crippen molar-refractivity contribution in [3.05, 3.63) is 48.2 Å². The average Bonchev–Trinajstić information content (AvgIpc) is 3.06. The molecule has 0 amide bonds. The molecule has 2 aromatic rings. The zero-order valence-corrected chi connectivity index (χ0v) is 12.7. The van der Waals surface area contributed by atoms with Crippen LogP contribution in [0.1, 0.15) is 30.8 Å². The van der Waals surface area contributed by atoms with Gasteiger partial charge in [-0.05, 0) is 44.8 Å². The molecule has 4 heteroatoms. The van der Waals surface area contributed by atoms with Crippen molar-refractivity contribution in [2.45, 2.75) is 32.5 Å². The van der Waals surface area contributed by atoms with Gasteiger partial charge in [0.2, 0.25) is 0 Å². The highest BCUT2D eigenvalue weighted by Crippen LogP contribution is 2.17. The predicted octanol–water partition coefficient (Wildman–Crippen LogP) is 2.88. The lowest BCUT2D eigenvalue weighted by molar-refractivity contribution is 0.249. The highest BCUT2D eigenvalue weighted by molar-refractivity contribution is 5.08. The lowest BCUT2D eigenvalue weighted by atomic mass is 10.2. The van der Waals surface area contributed by atoms with Crippen LogP contribution in [-0.2, 0) is 13.1 Å². The van der Waals surface area contributed by atoms with Crippen LogP contribution in [0.3, 0.4) is 0 Å². The lowest BCUT2D eigenvalue weighted by Gasteiger charge is -2.22. The van der Waals surface area contributed by atoms with Crippen LogP contribution in [-0.4, -0.2) is 30.1 Å². The number of likely N-dealkylation sites (N-methyl/N-ethyl adjacent to an activating group) is 1. The maximum Gasteiger partial charge on any atom is 0.122 e. The van der Waals surface area contributed by atoms with Crippen LogP contribution in [0.15, 0.2) is 41.1 Å². The average molecular weight is 275 g/mol. The summed E-state index contributed by atoms with van der Waals surface area (Å²) in [5, 5.41) is 3.53. The Balaban J connectivity index is 1.89. The molecule has 0 spiro atoms. The molecular weight excluding hydrogens is 250 g/mol. The van der Waals surface area contributed by atoms with E-state index in [9.17, 15) is 0 Å². The van der Waals surface area contributed by atoms with E-state index in [0.29, 0.717) is 0 Å². The van der Waals surface area contributed by atoms with Gasteiger partial charge in [-0.3, -0.25) is 4.90 Å². The zero-order valence-electron chi connectivity index (χ0n) is 12.7. The highest BCUT2D eigenvalue weighted by atomic mass is 16.3. The standard InChI is InChI=1S/C16H25N3O/c1-4-9-19-10-5-7-14(19)12-17-13-15(18(2)3)16-8-6-11-20-16/h5-8,10-11,15,17H,4,9,12-13H2,1-3H3. The van der Waals surface area contributed by atoms with Crippen molar-refractivity contribution in [3.63, 3.8) is 0 Å². The molecule has 1 atom stereocenters. The molecular formula is C16H25N3O. The van der Waals surface area contributed by atoms with E-state index in [1.807, 2.05) is 12.1 Å². The minimum Gasteiger partial charge on any atom is -0.468 e. The van der Waals surface area contributed by atoms with Crippen molar-refractivity contribution in [3.8, 4) is 0 Å². The van der Waals surface area contributed by atoms with Crippen LogP contribution in [0.5, 0.6) is 0 Å². The topological polar surface area (TPSA) is 33.3 Å². The Labute approximate surface area is 121 Å². The summed E-state index contributed by atoms with van der Waals surface area (Å²) in [5.74, 6) is 1.01. The number of rotatable bonds is 8. The lowest BCUT2D eigenvalue weighted by Crippen LogP contribution is -2.31. The molecule has 0 aliphatic carbocycles. The maximum absolute atomic E-state index is 5.52. The number of hydrogen-bond acceptors (Lipinski definition) is 3. The minimum atomic E-state index is 0.264. The molecule has 2 aromatic heterocycles. The SMILES string of the molecule is CCCn1cccc1CNCC(c1ccco1)N(C)C. The Morgan fingerprint density at radius 1 is 1.30 bits per heavy atom. The molecule has 0 bridgehead atoms. The summed E-state index contributed by atoms with van der Waals surface area (Å²) in [6.07, 6.45) is 5.04. The first-order chi connectivity index (χ1) is 9.72. The number of aromatic nitrogens is 1. The molecule has 0 saturated heterocycles. The predicted molar refractivity (Wildman–Crippen MR) is 81.6 cm³/mol. The third-order valence-electron chi connectivity index (χ3n) is 3.53. The number of hydrogen-bond donors (Lipinski definition) is 1. The molecule has 20 heavy (non-hydrogen) atoms. The summed E-state index contributed by atoms with van der Waals surface area (Å²) >= 11 is 0. The Morgan fingerprint density at radius 3 is 2.80 bits per heavy atom. The van der Waals surface area contributed by atoms with Crippen molar-refractivity contribution in [2.75, 3.05) is 20.6 Å². The van der Waals surface area contributed by atoms with E-state index in [1.54, 1.807) is 6.26 Å². The van der Waals surface area contributed by atoms with Crippen molar-refractivity contribution < 1.29 is 4.42 Å². The Kier molecular flexibility index (Phi) is 5.44. The summed E-state index contributed by atoms with van der Waals surface area (Å²) in [5.41, 5.74) is 1.34. The molecule has 0 saturated carbocycles. The van der Waals surface area contributed by atoms with Gasteiger partial charge in [-0.2, -0.15) is 0 Å². The molecule has 110 valence electrons. The van der Waals surface area contributed by atoms with E-state index < -0.39 is 0 Å². The van der Waals surface area contributed by atoms with Crippen LogP contribution in [0.2, 0.25) is 0 Å². The second kappa shape index (κ2) is 7.31. The third kappa shape index (κ3) is 3.74. The maximum atomic E-state index is 5.52. The zero-order chi connectivity index (χ0) is 14.4. The number of nitrogens with one attached hydrogen (secondary N) is 1. The van der Waals surface area contributed by atoms with Crippen molar-refractivity contribution >= 4 is 0 Å². The fourth-order valence-corrected chi connectivity index (χ4v) is 2.42. The second-order valence-corrected chi connectivity index (χ2v) is 5.32. The minimum absolute atomic E-state index is 0.264. The molecule has 4 nitrogen and oxygen atoms in total. The molecule has 0 fully saturated rings. The van der Waals surface area contributed by atoms with E-state index in [4.69, 9.17) is 4.42 Å². The van der Waals surface area contributed by atoms with Crippen LogP contribution in [0.25, 0.3) is 0 Å². The fourth-order valence-electron chi connectivity index (χ4n) is 2.42. The molecule has 0 radical (unpaired) electrons. The van der Waals surface area contributed by atoms with Gasteiger partial charge in [-0.1, -0.05) is 6.92 Å². The van der Waals surface area contributed by atoms with Crippen molar-refractivity contribution in [1.29, 1.82) is 0 Å². The molecule has 0 aromatic carbocycles. The molecule has 0 aliphatic rings. The first-order valence-corrected chi connectivity index (χ1v) is 7.27. The molecule has 1 N–H and O–H groups in total. The normalized spacial score (nSPS) is 13.0. The summed E-state index contributed by atoms with van der Waals surface area (Å²) in [6.45, 7) is 5.05. The summed E-state index contributed by atoms with van der Waals surface area (Å²) in [6, 6.07) is 8.53.